The first-order chi connectivity index (χ1) is 15.0. The quantitative estimate of drug-likeness (QED) is 0.638. The number of aromatic nitrogens is 2. The number of benzene rings is 1. The van der Waals surface area contributed by atoms with Gasteiger partial charge in [0.05, 0.1) is 19.7 Å². The molecule has 6 nitrogen and oxygen atoms in total. The Hall–Kier alpha value is -2.70. The zero-order chi connectivity index (χ0) is 21.4. The summed E-state index contributed by atoms with van der Waals surface area (Å²) in [5.74, 6) is 0.649. The Balaban J connectivity index is 1.11. The molecule has 0 saturated carbocycles. The lowest BCUT2D eigenvalue weighted by molar-refractivity contribution is -0.168. The highest BCUT2D eigenvalue weighted by molar-refractivity contribution is 5.98. The standard InChI is InChI=1S/C25H30N4O2/c1-27(14-19-4-3-10-26-13-19)15-20-7-9-25(31-16-20)17-29(18-25)24(30)22-5-6-23-21(12-22)8-11-28(23)2/h3-6,8,10-13,20H,7,9,14-18H2,1-2H3/t20-/m1/s1. The van der Waals surface area contributed by atoms with Gasteiger partial charge in [-0.25, -0.2) is 0 Å². The number of ether oxygens (including phenoxy) is 1. The van der Waals surface area contributed by atoms with Crippen LogP contribution in [0.5, 0.6) is 0 Å². The monoisotopic (exact) mass is 418 g/mol. The highest BCUT2D eigenvalue weighted by Gasteiger charge is 2.48. The van der Waals surface area contributed by atoms with Crippen LogP contribution in [0.2, 0.25) is 0 Å². The van der Waals surface area contributed by atoms with E-state index in [1.165, 1.54) is 5.56 Å². The van der Waals surface area contributed by atoms with Gasteiger partial charge in [0.15, 0.2) is 0 Å². The highest BCUT2D eigenvalue weighted by atomic mass is 16.5. The van der Waals surface area contributed by atoms with Crippen LogP contribution in [-0.4, -0.2) is 64.1 Å². The molecule has 5 rings (SSSR count). The molecule has 2 fully saturated rings. The van der Waals surface area contributed by atoms with E-state index in [2.05, 4.69) is 33.6 Å². The number of likely N-dealkylation sites (tertiary alicyclic amines) is 1. The molecule has 2 aromatic heterocycles. The summed E-state index contributed by atoms with van der Waals surface area (Å²) in [6.45, 7) is 4.11. The summed E-state index contributed by atoms with van der Waals surface area (Å²) in [6, 6.07) is 12.1. The van der Waals surface area contributed by atoms with Gasteiger partial charge in [0, 0.05) is 55.2 Å². The Kier molecular flexibility index (Phi) is 5.28. The predicted molar refractivity (Wildman–Crippen MR) is 121 cm³/mol. The van der Waals surface area contributed by atoms with E-state index in [4.69, 9.17) is 4.74 Å². The molecule has 6 heteroatoms. The van der Waals surface area contributed by atoms with Crippen LogP contribution in [0.1, 0.15) is 28.8 Å². The third kappa shape index (κ3) is 4.10. The molecule has 0 radical (unpaired) electrons. The number of carbonyl (C=O) groups excluding carboxylic acids is 1. The molecule has 0 bridgehead atoms. The van der Waals surface area contributed by atoms with E-state index >= 15 is 0 Å². The van der Waals surface area contributed by atoms with Crippen molar-refractivity contribution in [1.29, 1.82) is 0 Å². The van der Waals surface area contributed by atoms with Gasteiger partial charge >= 0.3 is 0 Å². The van der Waals surface area contributed by atoms with E-state index in [-0.39, 0.29) is 11.5 Å². The number of carbonyl (C=O) groups is 1. The lowest BCUT2D eigenvalue weighted by Gasteiger charge is -2.53. The molecule has 3 aromatic rings. The van der Waals surface area contributed by atoms with Crippen molar-refractivity contribution in [2.24, 2.45) is 13.0 Å². The van der Waals surface area contributed by atoms with E-state index in [1.54, 1.807) is 0 Å². The van der Waals surface area contributed by atoms with Crippen LogP contribution in [0.25, 0.3) is 10.9 Å². The van der Waals surface area contributed by atoms with Crippen molar-refractivity contribution in [3.05, 3.63) is 66.1 Å². The smallest absolute Gasteiger partial charge is 0.254 e. The molecule has 162 valence electrons. The number of hydrogen-bond acceptors (Lipinski definition) is 4. The molecule has 2 aliphatic heterocycles. The van der Waals surface area contributed by atoms with E-state index in [1.807, 2.05) is 54.8 Å². The molecular weight excluding hydrogens is 388 g/mol. The Morgan fingerprint density at radius 3 is 2.90 bits per heavy atom. The first-order valence-corrected chi connectivity index (χ1v) is 11.1. The maximum atomic E-state index is 12.9. The van der Waals surface area contributed by atoms with Gasteiger partial charge in [-0.2, -0.15) is 0 Å². The van der Waals surface area contributed by atoms with Gasteiger partial charge in [0.25, 0.3) is 5.91 Å². The number of rotatable bonds is 5. The first kappa shape index (κ1) is 20.2. The van der Waals surface area contributed by atoms with Gasteiger partial charge in [-0.3, -0.25) is 9.78 Å². The molecule has 1 spiro atoms. The largest absolute Gasteiger partial charge is 0.371 e. The fraction of sp³-hybridized carbons (Fsp3) is 0.440. The molecule has 4 heterocycles. The zero-order valence-electron chi connectivity index (χ0n) is 18.3. The van der Waals surface area contributed by atoms with Crippen LogP contribution in [0.15, 0.2) is 55.0 Å². The van der Waals surface area contributed by atoms with Crippen molar-refractivity contribution in [2.75, 3.05) is 33.3 Å². The summed E-state index contributed by atoms with van der Waals surface area (Å²) in [7, 11) is 4.18. The number of hydrogen-bond donors (Lipinski definition) is 0. The Morgan fingerprint density at radius 1 is 1.29 bits per heavy atom. The van der Waals surface area contributed by atoms with Crippen LogP contribution in [0.3, 0.4) is 0 Å². The summed E-state index contributed by atoms with van der Waals surface area (Å²) >= 11 is 0. The molecule has 0 aliphatic carbocycles. The first-order valence-electron chi connectivity index (χ1n) is 11.1. The molecule has 2 saturated heterocycles. The van der Waals surface area contributed by atoms with Crippen molar-refractivity contribution in [2.45, 2.75) is 25.0 Å². The van der Waals surface area contributed by atoms with Crippen molar-refractivity contribution in [3.8, 4) is 0 Å². The molecule has 1 amide bonds. The third-order valence-corrected chi connectivity index (χ3v) is 6.76. The van der Waals surface area contributed by atoms with Crippen LogP contribution >= 0.6 is 0 Å². The Bertz CT molecular complexity index is 1060. The van der Waals surface area contributed by atoms with E-state index < -0.39 is 0 Å². The molecule has 2 aliphatic rings. The fourth-order valence-corrected chi connectivity index (χ4v) is 5.01. The molecular formula is C25H30N4O2. The van der Waals surface area contributed by atoms with Crippen molar-refractivity contribution >= 4 is 16.8 Å². The molecule has 0 N–H and O–H groups in total. The van der Waals surface area contributed by atoms with Gasteiger partial charge in [-0.1, -0.05) is 6.07 Å². The Morgan fingerprint density at radius 2 is 2.16 bits per heavy atom. The Labute approximate surface area is 183 Å². The summed E-state index contributed by atoms with van der Waals surface area (Å²) in [5.41, 5.74) is 3.01. The lowest BCUT2D eigenvalue weighted by atomic mass is 9.82. The summed E-state index contributed by atoms with van der Waals surface area (Å²) in [4.78, 5) is 21.4. The average Bonchev–Trinajstić information content (AvgIpc) is 3.13. The second-order valence-corrected chi connectivity index (χ2v) is 9.32. The minimum absolute atomic E-state index is 0.110. The second-order valence-electron chi connectivity index (χ2n) is 9.32. The average molecular weight is 419 g/mol. The number of pyridine rings is 1. The zero-order valence-corrected chi connectivity index (χ0v) is 18.3. The summed E-state index contributed by atoms with van der Waals surface area (Å²) in [6.07, 6.45) is 7.94. The molecule has 31 heavy (non-hydrogen) atoms. The van der Waals surface area contributed by atoms with Crippen molar-refractivity contribution < 1.29 is 9.53 Å². The number of amides is 1. The maximum Gasteiger partial charge on any atom is 0.254 e. The minimum atomic E-state index is -0.134. The van der Waals surface area contributed by atoms with E-state index in [0.717, 1.165) is 49.0 Å². The number of fused-ring (bicyclic) bond motifs is 1. The highest BCUT2D eigenvalue weighted by Crippen LogP contribution is 2.37. The predicted octanol–water partition coefficient (Wildman–Crippen LogP) is 3.33. The lowest BCUT2D eigenvalue weighted by Crippen LogP contribution is -2.66. The van der Waals surface area contributed by atoms with Crippen LogP contribution in [0, 0.1) is 5.92 Å². The summed E-state index contributed by atoms with van der Waals surface area (Å²) in [5, 5.41) is 1.11. The molecule has 1 aromatic carbocycles. The SMILES string of the molecule is CN(Cc1cccnc1)C[C@H]1CCC2(CN(C(=O)c3ccc4c(ccn4C)c3)C2)OC1. The van der Waals surface area contributed by atoms with Crippen LogP contribution in [0.4, 0.5) is 0 Å². The minimum Gasteiger partial charge on any atom is -0.371 e. The molecule has 1 atom stereocenters. The number of aryl methyl sites for hydroxylation is 1. The summed E-state index contributed by atoms with van der Waals surface area (Å²) < 4.78 is 8.39. The molecule has 0 unspecified atom stereocenters. The van der Waals surface area contributed by atoms with Crippen molar-refractivity contribution in [1.82, 2.24) is 19.4 Å². The van der Waals surface area contributed by atoms with Crippen LogP contribution in [-0.2, 0) is 18.3 Å². The van der Waals surface area contributed by atoms with E-state index in [0.29, 0.717) is 19.0 Å². The second kappa shape index (κ2) is 8.09. The van der Waals surface area contributed by atoms with Crippen molar-refractivity contribution in [3.63, 3.8) is 0 Å². The third-order valence-electron chi connectivity index (χ3n) is 6.76. The van der Waals surface area contributed by atoms with Gasteiger partial charge in [-0.05, 0) is 61.7 Å². The normalized spacial score (nSPS) is 20.4. The van der Waals surface area contributed by atoms with E-state index in [9.17, 15) is 4.79 Å². The van der Waals surface area contributed by atoms with Gasteiger partial charge in [0.2, 0.25) is 0 Å². The maximum absolute atomic E-state index is 12.9. The van der Waals surface area contributed by atoms with Gasteiger partial charge in [-0.15, -0.1) is 0 Å². The van der Waals surface area contributed by atoms with Gasteiger partial charge < -0.3 is 19.1 Å². The van der Waals surface area contributed by atoms with Gasteiger partial charge in [0.1, 0.15) is 5.60 Å². The van der Waals surface area contributed by atoms with Crippen LogP contribution < -0.4 is 0 Å². The fourth-order valence-electron chi connectivity index (χ4n) is 5.01. The topological polar surface area (TPSA) is 50.6 Å². The number of nitrogens with zero attached hydrogens (tertiary/aromatic N) is 4.